The minimum absolute atomic E-state index is 0.0831. The van der Waals surface area contributed by atoms with Crippen LogP contribution in [0.15, 0.2) is 24.3 Å². The molecule has 1 aromatic rings. The van der Waals surface area contributed by atoms with E-state index in [-0.39, 0.29) is 12.1 Å². The molecule has 106 valence electrons. The van der Waals surface area contributed by atoms with E-state index in [1.165, 1.54) is 12.0 Å². The van der Waals surface area contributed by atoms with E-state index >= 15 is 0 Å². The normalized spacial score (nSPS) is 23.5. The molecule has 3 unspecified atom stereocenters. The van der Waals surface area contributed by atoms with E-state index in [0.29, 0.717) is 5.92 Å². The molecule has 0 radical (unpaired) electrons. The Labute approximate surface area is 120 Å². The molecule has 3 atom stereocenters. The molecule has 0 aromatic heterocycles. The molecular formula is C15H23ClN2O. The number of likely N-dealkylation sites (tertiary alicyclic amines) is 1. The summed E-state index contributed by atoms with van der Waals surface area (Å²) in [5, 5.41) is 0.774. The fourth-order valence-corrected chi connectivity index (χ4v) is 3.22. The Morgan fingerprint density at radius 2 is 2.32 bits per heavy atom. The summed E-state index contributed by atoms with van der Waals surface area (Å²) < 4.78 is 5.26. The largest absolute Gasteiger partial charge is 0.384 e. The van der Waals surface area contributed by atoms with Gasteiger partial charge in [-0.25, -0.2) is 0 Å². The molecule has 1 aliphatic rings. The Bertz CT molecular complexity index is 411. The highest BCUT2D eigenvalue weighted by Gasteiger charge is 2.31. The van der Waals surface area contributed by atoms with Gasteiger partial charge < -0.3 is 10.5 Å². The van der Waals surface area contributed by atoms with Crippen molar-refractivity contribution in [3.63, 3.8) is 0 Å². The van der Waals surface area contributed by atoms with Crippen molar-refractivity contribution in [3.05, 3.63) is 34.9 Å². The average molecular weight is 283 g/mol. The van der Waals surface area contributed by atoms with E-state index in [9.17, 15) is 0 Å². The third kappa shape index (κ3) is 3.69. The number of halogens is 1. The van der Waals surface area contributed by atoms with Crippen LogP contribution < -0.4 is 5.73 Å². The lowest BCUT2D eigenvalue weighted by Gasteiger charge is -2.31. The standard InChI is InChI=1S/C15H23ClN2O/c1-11(17)15(13-4-3-5-14(16)8-13)18-7-6-12(9-18)10-19-2/h3-5,8,11-12,15H,6-7,9-10,17H2,1-2H3. The lowest BCUT2D eigenvalue weighted by molar-refractivity contribution is 0.143. The molecular weight excluding hydrogens is 260 g/mol. The van der Waals surface area contributed by atoms with Crippen molar-refractivity contribution in [2.24, 2.45) is 11.7 Å². The summed E-state index contributed by atoms with van der Waals surface area (Å²) in [5.74, 6) is 0.616. The van der Waals surface area contributed by atoms with Crippen molar-refractivity contribution in [2.75, 3.05) is 26.8 Å². The number of nitrogens with two attached hydrogens (primary N) is 1. The van der Waals surface area contributed by atoms with Crippen LogP contribution in [-0.4, -0.2) is 37.7 Å². The van der Waals surface area contributed by atoms with Crippen LogP contribution in [0, 0.1) is 5.92 Å². The summed E-state index contributed by atoms with van der Waals surface area (Å²) in [5.41, 5.74) is 7.41. The van der Waals surface area contributed by atoms with E-state index in [1.807, 2.05) is 18.2 Å². The summed E-state index contributed by atoms with van der Waals surface area (Å²) in [6.45, 7) is 5.02. The van der Waals surface area contributed by atoms with Gasteiger partial charge in [0.2, 0.25) is 0 Å². The summed E-state index contributed by atoms with van der Waals surface area (Å²) in [6.07, 6.45) is 1.18. The molecule has 0 aliphatic carbocycles. The topological polar surface area (TPSA) is 38.5 Å². The highest BCUT2D eigenvalue weighted by molar-refractivity contribution is 6.30. The maximum atomic E-state index is 6.20. The Hall–Kier alpha value is -0.610. The maximum absolute atomic E-state index is 6.20. The third-order valence-corrected chi connectivity index (χ3v) is 4.04. The van der Waals surface area contributed by atoms with Gasteiger partial charge in [-0.1, -0.05) is 23.7 Å². The average Bonchev–Trinajstić information content (AvgIpc) is 2.78. The smallest absolute Gasteiger partial charge is 0.0503 e. The molecule has 2 N–H and O–H groups in total. The van der Waals surface area contributed by atoms with Gasteiger partial charge in [0.25, 0.3) is 0 Å². The van der Waals surface area contributed by atoms with Crippen LogP contribution in [0.1, 0.15) is 24.9 Å². The maximum Gasteiger partial charge on any atom is 0.0503 e. The van der Waals surface area contributed by atoms with Gasteiger partial charge >= 0.3 is 0 Å². The van der Waals surface area contributed by atoms with Gasteiger partial charge in [0.15, 0.2) is 0 Å². The molecule has 1 heterocycles. The van der Waals surface area contributed by atoms with E-state index in [2.05, 4.69) is 17.9 Å². The molecule has 2 rings (SSSR count). The van der Waals surface area contributed by atoms with E-state index in [1.54, 1.807) is 7.11 Å². The van der Waals surface area contributed by atoms with E-state index in [0.717, 1.165) is 24.7 Å². The van der Waals surface area contributed by atoms with Crippen LogP contribution in [0.4, 0.5) is 0 Å². The molecule has 0 amide bonds. The summed E-state index contributed by atoms with van der Waals surface area (Å²) in [7, 11) is 1.77. The quantitative estimate of drug-likeness (QED) is 0.902. The highest BCUT2D eigenvalue weighted by Crippen LogP contribution is 2.30. The summed E-state index contributed by atoms with van der Waals surface area (Å²) in [6, 6.07) is 8.36. The predicted octanol–water partition coefficient (Wildman–Crippen LogP) is 2.70. The zero-order valence-electron chi connectivity index (χ0n) is 11.7. The molecule has 0 bridgehead atoms. The zero-order chi connectivity index (χ0) is 13.8. The van der Waals surface area contributed by atoms with Gasteiger partial charge in [0.1, 0.15) is 0 Å². The van der Waals surface area contributed by atoms with E-state index in [4.69, 9.17) is 22.1 Å². The molecule has 4 heteroatoms. The van der Waals surface area contributed by atoms with Crippen molar-refractivity contribution in [3.8, 4) is 0 Å². The van der Waals surface area contributed by atoms with Crippen molar-refractivity contribution >= 4 is 11.6 Å². The number of rotatable bonds is 5. The van der Waals surface area contributed by atoms with Gasteiger partial charge in [-0.3, -0.25) is 4.90 Å². The van der Waals surface area contributed by atoms with Gasteiger partial charge in [-0.2, -0.15) is 0 Å². The minimum Gasteiger partial charge on any atom is -0.384 e. The molecule has 1 aromatic carbocycles. The van der Waals surface area contributed by atoms with Gasteiger partial charge in [0, 0.05) is 30.8 Å². The summed E-state index contributed by atoms with van der Waals surface area (Å²) >= 11 is 6.10. The predicted molar refractivity (Wildman–Crippen MR) is 79.4 cm³/mol. The zero-order valence-corrected chi connectivity index (χ0v) is 12.4. The monoisotopic (exact) mass is 282 g/mol. The fourth-order valence-electron chi connectivity index (χ4n) is 3.02. The van der Waals surface area contributed by atoms with E-state index < -0.39 is 0 Å². The molecule has 1 fully saturated rings. The Morgan fingerprint density at radius 1 is 1.53 bits per heavy atom. The van der Waals surface area contributed by atoms with Crippen molar-refractivity contribution in [1.29, 1.82) is 0 Å². The number of benzene rings is 1. The van der Waals surface area contributed by atoms with Crippen LogP contribution in [0.25, 0.3) is 0 Å². The van der Waals surface area contributed by atoms with Crippen molar-refractivity contribution in [1.82, 2.24) is 4.90 Å². The summed E-state index contributed by atoms with van der Waals surface area (Å²) in [4.78, 5) is 2.46. The number of nitrogens with zero attached hydrogens (tertiary/aromatic N) is 1. The molecule has 0 spiro atoms. The first-order chi connectivity index (χ1) is 9.11. The highest BCUT2D eigenvalue weighted by atomic mass is 35.5. The Kier molecular flexibility index (Phi) is 5.22. The second kappa shape index (κ2) is 6.71. The first-order valence-corrected chi connectivity index (χ1v) is 7.23. The second-order valence-corrected chi connectivity index (χ2v) is 5.90. The SMILES string of the molecule is COCC1CCN(C(c2cccc(Cl)c2)C(C)N)C1. The molecule has 3 nitrogen and oxygen atoms in total. The van der Waals surface area contributed by atoms with Crippen LogP contribution in [-0.2, 0) is 4.74 Å². The number of hydrogen-bond donors (Lipinski definition) is 1. The Balaban J connectivity index is 2.13. The van der Waals surface area contributed by atoms with Crippen LogP contribution in [0.3, 0.4) is 0 Å². The van der Waals surface area contributed by atoms with Gasteiger partial charge in [-0.15, -0.1) is 0 Å². The fraction of sp³-hybridized carbons (Fsp3) is 0.600. The van der Waals surface area contributed by atoms with Gasteiger partial charge in [-0.05, 0) is 43.5 Å². The molecule has 19 heavy (non-hydrogen) atoms. The lowest BCUT2D eigenvalue weighted by atomic mass is 9.99. The van der Waals surface area contributed by atoms with Crippen molar-refractivity contribution in [2.45, 2.75) is 25.4 Å². The number of methoxy groups -OCH3 is 1. The van der Waals surface area contributed by atoms with Gasteiger partial charge in [0.05, 0.1) is 6.61 Å². The first kappa shape index (κ1) is 14.8. The lowest BCUT2D eigenvalue weighted by Crippen LogP contribution is -2.38. The molecule has 1 saturated heterocycles. The molecule has 1 aliphatic heterocycles. The van der Waals surface area contributed by atoms with Crippen LogP contribution in [0.2, 0.25) is 5.02 Å². The Morgan fingerprint density at radius 3 is 2.95 bits per heavy atom. The number of ether oxygens (including phenoxy) is 1. The van der Waals surface area contributed by atoms with Crippen molar-refractivity contribution < 1.29 is 4.74 Å². The van der Waals surface area contributed by atoms with Crippen LogP contribution >= 0.6 is 11.6 Å². The molecule has 0 saturated carbocycles. The third-order valence-electron chi connectivity index (χ3n) is 3.80. The number of hydrogen-bond acceptors (Lipinski definition) is 3. The second-order valence-electron chi connectivity index (χ2n) is 5.46. The van der Waals surface area contributed by atoms with Crippen LogP contribution in [0.5, 0.6) is 0 Å². The minimum atomic E-state index is 0.0831. The first-order valence-electron chi connectivity index (χ1n) is 6.86.